The number of rotatable bonds is 7. The SMILES string of the molecule is COCCOc1cc(Cl)cc(-c2nc(C#N)nc3nc(Br)n(CC4CCC(C)CC4)c23)c1. The Morgan fingerprint density at radius 3 is 2.66 bits per heavy atom. The number of nitriles is 1. The van der Waals surface area contributed by atoms with Crippen LogP contribution < -0.4 is 4.74 Å². The first-order valence-corrected chi connectivity index (χ1v) is 11.9. The van der Waals surface area contributed by atoms with Crippen LogP contribution in [0.3, 0.4) is 0 Å². The van der Waals surface area contributed by atoms with Gasteiger partial charge in [0, 0.05) is 24.2 Å². The molecule has 4 rings (SSSR count). The van der Waals surface area contributed by atoms with E-state index in [1.807, 2.05) is 18.2 Å². The maximum absolute atomic E-state index is 9.50. The molecule has 1 aliphatic carbocycles. The second-order valence-corrected chi connectivity index (χ2v) is 9.46. The van der Waals surface area contributed by atoms with E-state index in [9.17, 15) is 5.26 Å². The van der Waals surface area contributed by atoms with E-state index < -0.39 is 0 Å². The molecule has 0 radical (unpaired) electrons. The lowest BCUT2D eigenvalue weighted by Crippen LogP contribution is -2.18. The zero-order valence-electron chi connectivity index (χ0n) is 18.1. The summed E-state index contributed by atoms with van der Waals surface area (Å²) in [5.41, 5.74) is 2.65. The first kappa shape index (κ1) is 23.0. The molecule has 0 aliphatic heterocycles. The van der Waals surface area contributed by atoms with E-state index in [0.717, 1.165) is 23.5 Å². The number of hydrogen-bond acceptors (Lipinski definition) is 6. The number of nitrogens with zero attached hydrogens (tertiary/aromatic N) is 5. The molecule has 0 N–H and O–H groups in total. The molecule has 1 saturated carbocycles. The maximum atomic E-state index is 9.50. The van der Waals surface area contributed by atoms with E-state index in [4.69, 9.17) is 21.1 Å². The molecule has 1 aliphatic rings. The molecule has 1 fully saturated rings. The molecular weight excluding hydrogens is 494 g/mol. The summed E-state index contributed by atoms with van der Waals surface area (Å²) >= 11 is 10.0. The minimum atomic E-state index is 0.0676. The van der Waals surface area contributed by atoms with Gasteiger partial charge in [0.1, 0.15) is 29.6 Å². The van der Waals surface area contributed by atoms with Gasteiger partial charge in [0.15, 0.2) is 10.4 Å². The Morgan fingerprint density at radius 2 is 1.94 bits per heavy atom. The van der Waals surface area contributed by atoms with Crippen molar-refractivity contribution in [3.05, 3.63) is 33.8 Å². The number of benzene rings is 1. The van der Waals surface area contributed by atoms with E-state index in [1.165, 1.54) is 25.7 Å². The molecule has 0 amide bonds. The van der Waals surface area contributed by atoms with Gasteiger partial charge in [0.05, 0.1) is 6.61 Å². The van der Waals surface area contributed by atoms with Crippen LogP contribution in [-0.2, 0) is 11.3 Å². The van der Waals surface area contributed by atoms with Crippen molar-refractivity contribution in [1.82, 2.24) is 19.5 Å². The standard InChI is InChI=1S/C23H25BrClN5O2/c1-14-3-5-15(6-4-14)13-30-21-20(27-19(12-26)28-22(21)29-23(30)24)16-9-17(25)11-18(10-16)32-8-7-31-2/h9-11,14-15H,3-8,13H2,1-2H3. The van der Waals surface area contributed by atoms with Gasteiger partial charge in [-0.15, -0.1) is 0 Å². The van der Waals surface area contributed by atoms with Gasteiger partial charge >= 0.3 is 0 Å². The second-order valence-electron chi connectivity index (χ2n) is 8.31. The largest absolute Gasteiger partial charge is 0.491 e. The molecular formula is C23H25BrClN5O2. The summed E-state index contributed by atoms with van der Waals surface area (Å²) in [6.07, 6.45) is 4.86. The fraction of sp³-hybridized carbons (Fsp3) is 0.478. The molecule has 2 aromatic heterocycles. The highest BCUT2D eigenvalue weighted by Gasteiger charge is 2.24. The van der Waals surface area contributed by atoms with Crippen LogP contribution in [0.4, 0.5) is 0 Å². The third-order valence-electron chi connectivity index (χ3n) is 5.93. The van der Waals surface area contributed by atoms with Crippen LogP contribution in [0.5, 0.6) is 5.75 Å². The van der Waals surface area contributed by atoms with Gasteiger partial charge in [-0.05, 0) is 58.8 Å². The van der Waals surface area contributed by atoms with Crippen LogP contribution >= 0.6 is 27.5 Å². The highest BCUT2D eigenvalue weighted by Crippen LogP contribution is 2.35. The summed E-state index contributed by atoms with van der Waals surface area (Å²) in [5, 5.41) is 10.0. The van der Waals surface area contributed by atoms with Crippen LogP contribution in [0.2, 0.25) is 5.02 Å². The Kier molecular flexibility index (Phi) is 7.29. The van der Waals surface area contributed by atoms with Gasteiger partial charge < -0.3 is 14.0 Å². The van der Waals surface area contributed by atoms with Crippen LogP contribution in [0.15, 0.2) is 22.9 Å². The van der Waals surface area contributed by atoms with E-state index in [1.54, 1.807) is 13.2 Å². The predicted molar refractivity (Wildman–Crippen MR) is 127 cm³/mol. The van der Waals surface area contributed by atoms with E-state index in [0.29, 0.717) is 46.0 Å². The minimum Gasteiger partial charge on any atom is -0.491 e. The third kappa shape index (κ3) is 5.06. The Labute approximate surface area is 200 Å². The topological polar surface area (TPSA) is 85.8 Å². The molecule has 7 nitrogen and oxygen atoms in total. The quantitative estimate of drug-likeness (QED) is 0.297. The van der Waals surface area contributed by atoms with Crippen molar-refractivity contribution in [1.29, 1.82) is 5.26 Å². The smallest absolute Gasteiger partial charge is 0.234 e. The van der Waals surface area contributed by atoms with Gasteiger partial charge in [0.2, 0.25) is 5.82 Å². The van der Waals surface area contributed by atoms with Crippen LogP contribution in [0.1, 0.15) is 38.4 Å². The summed E-state index contributed by atoms with van der Waals surface area (Å²) < 4.78 is 13.7. The van der Waals surface area contributed by atoms with Gasteiger partial charge in [-0.3, -0.25) is 0 Å². The lowest BCUT2D eigenvalue weighted by molar-refractivity contribution is 0.146. The first-order valence-electron chi connectivity index (χ1n) is 10.7. The molecule has 168 valence electrons. The van der Waals surface area contributed by atoms with E-state index in [-0.39, 0.29) is 5.82 Å². The Hall–Kier alpha value is -2.21. The second kappa shape index (κ2) is 10.2. The molecule has 0 unspecified atom stereocenters. The van der Waals surface area contributed by atoms with Crippen molar-refractivity contribution in [3.8, 4) is 23.1 Å². The van der Waals surface area contributed by atoms with Gasteiger partial charge in [0.25, 0.3) is 0 Å². The number of methoxy groups -OCH3 is 1. The summed E-state index contributed by atoms with van der Waals surface area (Å²) in [7, 11) is 1.62. The molecule has 1 aromatic carbocycles. The monoisotopic (exact) mass is 517 g/mol. The van der Waals surface area contributed by atoms with E-state index >= 15 is 0 Å². The average molecular weight is 519 g/mol. The van der Waals surface area contributed by atoms with Crippen molar-refractivity contribution in [2.45, 2.75) is 39.2 Å². The van der Waals surface area contributed by atoms with Crippen molar-refractivity contribution < 1.29 is 9.47 Å². The molecule has 0 spiro atoms. The molecule has 9 heteroatoms. The highest BCUT2D eigenvalue weighted by molar-refractivity contribution is 9.10. The zero-order valence-corrected chi connectivity index (χ0v) is 20.5. The van der Waals surface area contributed by atoms with Gasteiger partial charge in [-0.2, -0.15) is 10.2 Å². The lowest BCUT2D eigenvalue weighted by Gasteiger charge is -2.26. The number of imidazole rings is 1. The molecule has 0 saturated heterocycles. The minimum absolute atomic E-state index is 0.0676. The number of hydrogen-bond donors (Lipinski definition) is 0. The molecule has 2 heterocycles. The van der Waals surface area contributed by atoms with Crippen molar-refractivity contribution in [2.75, 3.05) is 20.3 Å². The van der Waals surface area contributed by atoms with Crippen LogP contribution in [-0.4, -0.2) is 39.8 Å². The van der Waals surface area contributed by atoms with E-state index in [2.05, 4.69) is 42.4 Å². The zero-order chi connectivity index (χ0) is 22.7. The number of fused-ring (bicyclic) bond motifs is 1. The number of ether oxygens (including phenoxy) is 2. The Balaban J connectivity index is 1.79. The van der Waals surface area contributed by atoms with Crippen molar-refractivity contribution in [2.24, 2.45) is 11.8 Å². The molecule has 0 bridgehead atoms. The van der Waals surface area contributed by atoms with Crippen LogP contribution in [0, 0.1) is 23.2 Å². The average Bonchev–Trinajstić information content (AvgIpc) is 3.09. The summed E-state index contributed by atoms with van der Waals surface area (Å²) in [6.45, 7) is 4.02. The molecule has 3 aromatic rings. The van der Waals surface area contributed by atoms with Crippen LogP contribution in [0.25, 0.3) is 22.4 Å². The summed E-state index contributed by atoms with van der Waals surface area (Å²) in [6, 6.07) is 7.49. The number of halogens is 2. The fourth-order valence-electron chi connectivity index (χ4n) is 4.22. The van der Waals surface area contributed by atoms with Gasteiger partial charge in [-0.1, -0.05) is 31.4 Å². The predicted octanol–water partition coefficient (Wildman–Crippen LogP) is 5.63. The normalized spacial score (nSPS) is 18.6. The fourth-order valence-corrected chi connectivity index (χ4v) is 4.94. The molecule has 32 heavy (non-hydrogen) atoms. The first-order chi connectivity index (χ1) is 15.5. The lowest BCUT2D eigenvalue weighted by atomic mass is 9.83. The van der Waals surface area contributed by atoms with Gasteiger partial charge in [-0.25, -0.2) is 9.97 Å². The number of aromatic nitrogens is 4. The third-order valence-corrected chi connectivity index (χ3v) is 6.76. The Morgan fingerprint density at radius 1 is 1.16 bits per heavy atom. The van der Waals surface area contributed by atoms with Crippen molar-refractivity contribution in [3.63, 3.8) is 0 Å². The summed E-state index contributed by atoms with van der Waals surface area (Å²) in [5.74, 6) is 2.03. The van der Waals surface area contributed by atoms with Crippen molar-refractivity contribution >= 4 is 38.7 Å². The highest BCUT2D eigenvalue weighted by atomic mass is 79.9. The molecule has 0 atom stereocenters. The summed E-state index contributed by atoms with van der Waals surface area (Å²) in [4.78, 5) is 13.5. The Bertz CT molecular complexity index is 1150. The maximum Gasteiger partial charge on any atom is 0.234 e.